The first-order valence-corrected chi connectivity index (χ1v) is 10.8. The topological polar surface area (TPSA) is 102 Å². The minimum Gasteiger partial charge on any atom is -0.400 e. The second kappa shape index (κ2) is 10.6. The molecule has 2 unspecified atom stereocenters. The lowest BCUT2D eigenvalue weighted by Crippen LogP contribution is -2.51. The van der Waals surface area contributed by atoms with E-state index in [4.69, 9.17) is 0 Å². The van der Waals surface area contributed by atoms with Crippen molar-refractivity contribution in [3.8, 4) is 5.75 Å². The van der Waals surface area contributed by atoms with Crippen LogP contribution in [0.3, 0.4) is 0 Å². The lowest BCUT2D eigenvalue weighted by atomic mass is 9.96. The lowest BCUT2D eigenvalue weighted by Gasteiger charge is -2.34. The van der Waals surface area contributed by atoms with Crippen molar-refractivity contribution in [3.63, 3.8) is 0 Å². The Kier molecular flexibility index (Phi) is 8.01. The van der Waals surface area contributed by atoms with Crippen LogP contribution >= 0.6 is 0 Å². The SMILES string of the molecule is O=C(NCC1CCN(c2cccc(F)c2OC(F)(F)F)CC1)C(O)C(O)C(=O)N1CCCC1. The summed E-state index contributed by atoms with van der Waals surface area (Å²) in [6.45, 7) is 1.71. The number of carbonyl (C=O) groups is 2. The van der Waals surface area contributed by atoms with Crippen LogP contribution in [0.15, 0.2) is 18.2 Å². The molecule has 2 aliphatic heterocycles. The Bertz CT molecular complexity index is 840. The highest BCUT2D eigenvalue weighted by Crippen LogP contribution is 2.37. The van der Waals surface area contributed by atoms with Gasteiger partial charge in [0.25, 0.3) is 11.8 Å². The van der Waals surface area contributed by atoms with E-state index in [1.54, 1.807) is 4.90 Å². The first-order valence-electron chi connectivity index (χ1n) is 10.8. The number of halogens is 4. The van der Waals surface area contributed by atoms with Crippen LogP contribution in [0, 0.1) is 11.7 Å². The number of amides is 2. The van der Waals surface area contributed by atoms with Gasteiger partial charge in [-0.1, -0.05) is 6.07 Å². The predicted octanol–water partition coefficient (Wildman–Crippen LogP) is 1.40. The fourth-order valence-electron chi connectivity index (χ4n) is 4.09. The molecule has 2 amide bonds. The van der Waals surface area contributed by atoms with Crippen LogP contribution in [0.25, 0.3) is 0 Å². The zero-order valence-corrected chi connectivity index (χ0v) is 17.9. The molecule has 0 saturated carbocycles. The van der Waals surface area contributed by atoms with Gasteiger partial charge in [0.1, 0.15) is 0 Å². The summed E-state index contributed by atoms with van der Waals surface area (Å²) >= 11 is 0. The van der Waals surface area contributed by atoms with Crippen molar-refractivity contribution < 1.29 is 42.1 Å². The molecule has 2 atom stereocenters. The van der Waals surface area contributed by atoms with Gasteiger partial charge in [0, 0.05) is 32.7 Å². The number of rotatable bonds is 7. The zero-order valence-electron chi connectivity index (χ0n) is 17.9. The van der Waals surface area contributed by atoms with Crippen LogP contribution in [0.5, 0.6) is 5.75 Å². The van der Waals surface area contributed by atoms with Gasteiger partial charge in [-0.2, -0.15) is 0 Å². The molecule has 0 aromatic heterocycles. The highest BCUT2D eigenvalue weighted by molar-refractivity contribution is 5.90. The maximum absolute atomic E-state index is 13.9. The number of aliphatic hydroxyl groups is 2. The van der Waals surface area contributed by atoms with Gasteiger partial charge in [0.2, 0.25) is 0 Å². The Morgan fingerprint density at radius 3 is 2.33 bits per heavy atom. The van der Waals surface area contributed by atoms with E-state index in [0.29, 0.717) is 39.0 Å². The molecule has 1 aromatic carbocycles. The molecule has 3 rings (SSSR count). The third-order valence-corrected chi connectivity index (χ3v) is 5.92. The number of carbonyl (C=O) groups excluding carboxylic acids is 2. The highest BCUT2D eigenvalue weighted by atomic mass is 19.4. The van der Waals surface area contributed by atoms with Gasteiger partial charge in [0.05, 0.1) is 5.69 Å². The van der Waals surface area contributed by atoms with Crippen molar-refractivity contribution in [1.82, 2.24) is 10.2 Å². The van der Waals surface area contributed by atoms with Gasteiger partial charge < -0.3 is 30.1 Å². The standard InChI is InChI=1S/C21H27F4N3O5/c22-14-4-3-5-15(18(14)33-21(23,24)25)27-10-6-13(7-11-27)12-26-19(31)16(29)17(30)20(32)28-8-1-2-9-28/h3-5,13,16-17,29-30H,1-2,6-12H2,(H,26,31). The van der Waals surface area contributed by atoms with Crippen molar-refractivity contribution in [1.29, 1.82) is 0 Å². The molecule has 0 bridgehead atoms. The maximum Gasteiger partial charge on any atom is 0.573 e. The van der Waals surface area contributed by atoms with Gasteiger partial charge in [-0.15, -0.1) is 13.2 Å². The predicted molar refractivity (Wildman–Crippen MR) is 109 cm³/mol. The molecule has 12 heteroatoms. The van der Waals surface area contributed by atoms with E-state index in [9.17, 15) is 37.4 Å². The summed E-state index contributed by atoms with van der Waals surface area (Å²) in [7, 11) is 0. The summed E-state index contributed by atoms with van der Waals surface area (Å²) in [6.07, 6.45) is -6.20. The Hall–Kier alpha value is -2.60. The van der Waals surface area contributed by atoms with E-state index in [0.717, 1.165) is 18.9 Å². The van der Waals surface area contributed by atoms with Crippen LogP contribution in [0.2, 0.25) is 0 Å². The molecular formula is C21H27F4N3O5. The lowest BCUT2D eigenvalue weighted by molar-refractivity contribution is -0.275. The highest BCUT2D eigenvalue weighted by Gasteiger charge is 2.36. The number of alkyl halides is 3. The Morgan fingerprint density at radius 2 is 1.73 bits per heavy atom. The molecule has 184 valence electrons. The van der Waals surface area contributed by atoms with Crippen LogP contribution in [-0.4, -0.2) is 78.2 Å². The first-order chi connectivity index (χ1) is 15.6. The number of ether oxygens (including phenoxy) is 1. The zero-order chi connectivity index (χ0) is 24.2. The molecule has 0 radical (unpaired) electrons. The number of anilines is 1. The minimum atomic E-state index is -5.03. The number of benzene rings is 1. The summed E-state index contributed by atoms with van der Waals surface area (Å²) in [6, 6.07) is 3.54. The number of nitrogens with zero attached hydrogens (tertiary/aromatic N) is 2. The van der Waals surface area contributed by atoms with E-state index < -0.39 is 42.0 Å². The summed E-state index contributed by atoms with van der Waals surface area (Å²) in [4.78, 5) is 27.3. The molecule has 2 saturated heterocycles. The first kappa shape index (κ1) is 25.0. The second-order valence-electron chi connectivity index (χ2n) is 8.23. The van der Waals surface area contributed by atoms with Crippen LogP contribution in [0.4, 0.5) is 23.2 Å². The number of hydrogen-bond donors (Lipinski definition) is 3. The van der Waals surface area contributed by atoms with Crippen molar-refractivity contribution in [2.24, 2.45) is 5.92 Å². The smallest absolute Gasteiger partial charge is 0.400 e. The number of piperidine rings is 1. The van der Waals surface area contributed by atoms with Gasteiger partial charge in [-0.05, 0) is 43.7 Å². The fraction of sp³-hybridized carbons (Fsp3) is 0.619. The second-order valence-corrected chi connectivity index (χ2v) is 8.23. The van der Waals surface area contributed by atoms with Crippen molar-refractivity contribution in [2.45, 2.75) is 44.3 Å². The molecule has 8 nitrogen and oxygen atoms in total. The van der Waals surface area contributed by atoms with Gasteiger partial charge in [-0.25, -0.2) is 4.39 Å². The molecule has 1 aromatic rings. The number of aliphatic hydroxyl groups excluding tert-OH is 2. The average Bonchev–Trinajstić information content (AvgIpc) is 3.32. The normalized spacial score (nSPS) is 19.3. The van der Waals surface area contributed by atoms with Crippen LogP contribution < -0.4 is 15.0 Å². The number of nitrogens with one attached hydrogen (secondary N) is 1. The van der Waals surface area contributed by atoms with Crippen molar-refractivity contribution >= 4 is 17.5 Å². The minimum absolute atomic E-state index is 0.00576. The van der Waals surface area contributed by atoms with Crippen LogP contribution in [-0.2, 0) is 9.59 Å². The molecule has 2 fully saturated rings. The van der Waals surface area contributed by atoms with Gasteiger partial charge in [-0.3, -0.25) is 9.59 Å². The number of likely N-dealkylation sites (tertiary alicyclic amines) is 1. The molecule has 2 aliphatic rings. The third-order valence-electron chi connectivity index (χ3n) is 5.92. The Morgan fingerprint density at radius 1 is 1.09 bits per heavy atom. The molecule has 2 heterocycles. The van der Waals surface area contributed by atoms with E-state index >= 15 is 0 Å². The third kappa shape index (κ3) is 6.47. The Balaban J connectivity index is 1.49. The average molecular weight is 477 g/mol. The number of hydrogen-bond acceptors (Lipinski definition) is 6. The molecule has 3 N–H and O–H groups in total. The van der Waals surface area contributed by atoms with Crippen LogP contribution in [0.1, 0.15) is 25.7 Å². The van der Waals surface area contributed by atoms with E-state index in [1.807, 2.05) is 0 Å². The summed E-state index contributed by atoms with van der Waals surface area (Å²) < 4.78 is 55.8. The molecular weight excluding hydrogens is 450 g/mol. The fourth-order valence-corrected chi connectivity index (χ4v) is 4.09. The van der Waals surface area contributed by atoms with Crippen molar-refractivity contribution in [3.05, 3.63) is 24.0 Å². The van der Waals surface area contributed by atoms with Gasteiger partial charge >= 0.3 is 6.36 Å². The van der Waals surface area contributed by atoms with E-state index in [-0.39, 0.29) is 18.2 Å². The summed E-state index contributed by atoms with van der Waals surface area (Å²) in [5.41, 5.74) is -0.00576. The van der Waals surface area contributed by atoms with E-state index in [2.05, 4.69) is 10.1 Å². The van der Waals surface area contributed by atoms with Gasteiger partial charge in [0.15, 0.2) is 23.8 Å². The van der Waals surface area contributed by atoms with E-state index in [1.165, 1.54) is 17.0 Å². The maximum atomic E-state index is 13.9. The summed E-state index contributed by atoms with van der Waals surface area (Å²) in [5, 5.41) is 22.6. The largest absolute Gasteiger partial charge is 0.573 e. The summed E-state index contributed by atoms with van der Waals surface area (Å²) in [5.74, 6) is -3.60. The molecule has 0 spiro atoms. The Labute approximate surface area is 188 Å². The van der Waals surface area contributed by atoms with Crippen molar-refractivity contribution in [2.75, 3.05) is 37.6 Å². The molecule has 0 aliphatic carbocycles. The monoisotopic (exact) mass is 477 g/mol. The quantitative estimate of drug-likeness (QED) is 0.514. The molecule has 33 heavy (non-hydrogen) atoms. The number of para-hydroxylation sites is 1.